The lowest BCUT2D eigenvalue weighted by Gasteiger charge is -2.26. The molecule has 19 heavy (non-hydrogen) atoms. The Hall–Kier alpha value is -2.34. The molecule has 0 fully saturated rings. The molecule has 0 spiro atoms. The highest BCUT2D eigenvalue weighted by Gasteiger charge is 2.22. The van der Waals surface area contributed by atoms with E-state index in [1.54, 1.807) is 24.1 Å². The fraction of sp³-hybridized carbons (Fsp3) is 0.231. The zero-order chi connectivity index (χ0) is 13.4. The number of likely N-dealkylation sites (N-methyl/N-ethyl adjacent to an activating group) is 1. The largest absolute Gasteiger partial charge is 0.482 e. The van der Waals surface area contributed by atoms with Gasteiger partial charge in [0.15, 0.2) is 12.4 Å². The van der Waals surface area contributed by atoms with E-state index in [-0.39, 0.29) is 19.1 Å². The Morgan fingerprint density at radius 1 is 1.42 bits per heavy atom. The van der Waals surface area contributed by atoms with Crippen LogP contribution < -0.4 is 9.64 Å². The fourth-order valence-electron chi connectivity index (χ4n) is 1.96. The molecule has 0 bridgehead atoms. The monoisotopic (exact) mass is 260 g/mol. The van der Waals surface area contributed by atoms with Crippen LogP contribution in [0.25, 0.3) is 11.3 Å². The van der Waals surface area contributed by atoms with Gasteiger partial charge in [0, 0.05) is 18.7 Å². The third-order valence-corrected chi connectivity index (χ3v) is 3.06. The number of benzene rings is 1. The number of carbonyl (C=O) groups excluding carboxylic acids is 1. The molecule has 98 valence electrons. The van der Waals surface area contributed by atoms with Crippen molar-refractivity contribution in [2.45, 2.75) is 6.61 Å². The number of hydrogen-bond donors (Lipinski definition) is 1. The average Bonchev–Trinajstić information content (AvgIpc) is 2.92. The van der Waals surface area contributed by atoms with E-state index in [9.17, 15) is 4.79 Å². The van der Waals surface area contributed by atoms with Crippen LogP contribution in [0.5, 0.6) is 5.75 Å². The van der Waals surface area contributed by atoms with E-state index in [4.69, 9.17) is 14.4 Å². The van der Waals surface area contributed by atoms with E-state index in [1.165, 1.54) is 0 Å². The molecule has 1 aromatic carbocycles. The van der Waals surface area contributed by atoms with Crippen LogP contribution in [0.2, 0.25) is 0 Å². The highest BCUT2D eigenvalue weighted by molar-refractivity contribution is 5.98. The molecule has 3 rings (SSSR count). The topological polar surface area (TPSA) is 75.8 Å². The van der Waals surface area contributed by atoms with E-state index in [0.717, 1.165) is 5.56 Å². The SMILES string of the molecule is CN1C(=O)COc2ccc(-c3cc(CO)on3)cc21. The maximum absolute atomic E-state index is 11.6. The molecule has 0 saturated heterocycles. The first-order valence-electron chi connectivity index (χ1n) is 5.79. The van der Waals surface area contributed by atoms with Crippen LogP contribution in [0.15, 0.2) is 28.8 Å². The van der Waals surface area contributed by atoms with Crippen LogP contribution in [0.4, 0.5) is 5.69 Å². The van der Waals surface area contributed by atoms with Gasteiger partial charge in [0.05, 0.1) is 5.69 Å². The number of aliphatic hydroxyl groups is 1. The molecule has 2 heterocycles. The summed E-state index contributed by atoms with van der Waals surface area (Å²) in [4.78, 5) is 13.1. The highest BCUT2D eigenvalue weighted by Crippen LogP contribution is 2.35. The first-order valence-corrected chi connectivity index (χ1v) is 5.79. The minimum Gasteiger partial charge on any atom is -0.482 e. The van der Waals surface area contributed by atoms with E-state index in [2.05, 4.69) is 5.16 Å². The quantitative estimate of drug-likeness (QED) is 0.877. The summed E-state index contributed by atoms with van der Waals surface area (Å²) in [6.45, 7) is -0.138. The Kier molecular flexibility index (Phi) is 2.72. The summed E-state index contributed by atoms with van der Waals surface area (Å²) in [7, 11) is 1.70. The molecule has 0 saturated carbocycles. The predicted octanol–water partition coefficient (Wildman–Crippen LogP) is 1.19. The van der Waals surface area contributed by atoms with E-state index < -0.39 is 0 Å². The lowest BCUT2D eigenvalue weighted by atomic mass is 10.1. The summed E-state index contributed by atoms with van der Waals surface area (Å²) in [5.41, 5.74) is 2.10. The number of ether oxygens (including phenoxy) is 1. The van der Waals surface area contributed by atoms with Gasteiger partial charge in [0.25, 0.3) is 5.91 Å². The second kappa shape index (κ2) is 4.40. The van der Waals surface area contributed by atoms with Crippen molar-refractivity contribution in [1.29, 1.82) is 0 Å². The molecule has 1 aromatic heterocycles. The molecule has 6 nitrogen and oxygen atoms in total. The standard InChI is InChI=1S/C13H12N2O4/c1-15-11-4-8(10-5-9(6-16)19-14-10)2-3-12(11)18-7-13(15)17/h2-5,16H,6-7H2,1H3. The Balaban J connectivity index is 2.03. The Bertz CT molecular complexity index is 635. The van der Waals surface area contributed by atoms with Gasteiger partial charge in [-0.05, 0) is 18.2 Å². The summed E-state index contributed by atoms with van der Waals surface area (Å²) >= 11 is 0. The molecule has 1 aliphatic heterocycles. The molecule has 0 unspecified atom stereocenters. The zero-order valence-electron chi connectivity index (χ0n) is 10.3. The van der Waals surface area contributed by atoms with Gasteiger partial charge in [-0.2, -0.15) is 0 Å². The molecule has 1 aliphatic rings. The molecule has 0 radical (unpaired) electrons. The van der Waals surface area contributed by atoms with Gasteiger partial charge >= 0.3 is 0 Å². The molecular formula is C13H12N2O4. The van der Waals surface area contributed by atoms with Crippen molar-refractivity contribution in [3.8, 4) is 17.0 Å². The number of hydrogen-bond acceptors (Lipinski definition) is 5. The number of aliphatic hydroxyl groups excluding tert-OH is 1. The number of fused-ring (bicyclic) bond motifs is 1. The fourth-order valence-corrected chi connectivity index (χ4v) is 1.96. The van der Waals surface area contributed by atoms with E-state index >= 15 is 0 Å². The van der Waals surface area contributed by atoms with Gasteiger partial charge in [-0.15, -0.1) is 0 Å². The van der Waals surface area contributed by atoms with Crippen molar-refractivity contribution in [2.24, 2.45) is 0 Å². The number of aromatic nitrogens is 1. The summed E-state index contributed by atoms with van der Waals surface area (Å²) < 4.78 is 10.3. The van der Waals surface area contributed by atoms with Crippen molar-refractivity contribution < 1.29 is 19.2 Å². The number of amides is 1. The second-order valence-corrected chi connectivity index (χ2v) is 4.26. The molecule has 0 atom stereocenters. The third-order valence-electron chi connectivity index (χ3n) is 3.06. The number of rotatable bonds is 2. The average molecular weight is 260 g/mol. The summed E-state index contributed by atoms with van der Waals surface area (Å²) in [5, 5.41) is 12.8. The van der Waals surface area contributed by atoms with Crippen LogP contribution in [0, 0.1) is 0 Å². The van der Waals surface area contributed by atoms with Crippen molar-refractivity contribution in [3.63, 3.8) is 0 Å². The normalized spacial score (nSPS) is 14.2. The van der Waals surface area contributed by atoms with Crippen molar-refractivity contribution in [3.05, 3.63) is 30.0 Å². The summed E-state index contributed by atoms with van der Waals surface area (Å²) in [5.74, 6) is 0.964. The number of carbonyl (C=O) groups is 1. The Morgan fingerprint density at radius 3 is 3.00 bits per heavy atom. The minimum atomic E-state index is -0.195. The molecule has 0 aliphatic carbocycles. The van der Waals surface area contributed by atoms with Gasteiger partial charge in [0.1, 0.15) is 18.1 Å². The van der Waals surface area contributed by atoms with Crippen LogP contribution in [-0.2, 0) is 11.4 Å². The van der Waals surface area contributed by atoms with Gasteiger partial charge in [-0.1, -0.05) is 5.16 Å². The maximum atomic E-state index is 11.6. The minimum absolute atomic E-state index is 0.0570. The summed E-state index contributed by atoms with van der Waals surface area (Å²) in [6.07, 6.45) is 0. The van der Waals surface area contributed by atoms with Gasteiger partial charge in [0.2, 0.25) is 0 Å². The smallest absolute Gasteiger partial charge is 0.264 e. The summed E-state index contributed by atoms with van der Waals surface area (Å²) in [6, 6.07) is 7.10. The van der Waals surface area contributed by atoms with Crippen molar-refractivity contribution in [2.75, 3.05) is 18.6 Å². The van der Waals surface area contributed by atoms with Crippen LogP contribution in [0.3, 0.4) is 0 Å². The van der Waals surface area contributed by atoms with E-state index in [1.807, 2.05) is 12.1 Å². The predicted molar refractivity (Wildman–Crippen MR) is 66.8 cm³/mol. The molecule has 6 heteroatoms. The molecule has 2 aromatic rings. The van der Waals surface area contributed by atoms with Crippen LogP contribution in [0.1, 0.15) is 5.76 Å². The zero-order valence-corrected chi connectivity index (χ0v) is 10.3. The van der Waals surface area contributed by atoms with E-state index in [0.29, 0.717) is 22.9 Å². The third kappa shape index (κ3) is 1.96. The lowest BCUT2D eigenvalue weighted by Crippen LogP contribution is -2.35. The lowest BCUT2D eigenvalue weighted by molar-refractivity contribution is -0.120. The van der Waals surface area contributed by atoms with Crippen molar-refractivity contribution >= 4 is 11.6 Å². The first-order chi connectivity index (χ1) is 9.19. The van der Waals surface area contributed by atoms with Crippen molar-refractivity contribution in [1.82, 2.24) is 5.16 Å². The Labute approximate surface area is 109 Å². The van der Waals surface area contributed by atoms with Crippen LogP contribution >= 0.6 is 0 Å². The second-order valence-electron chi connectivity index (χ2n) is 4.26. The van der Waals surface area contributed by atoms with Gasteiger partial charge in [-0.25, -0.2) is 0 Å². The molecule has 1 N–H and O–H groups in total. The van der Waals surface area contributed by atoms with Gasteiger partial charge < -0.3 is 19.3 Å². The first kappa shape index (κ1) is 11.7. The van der Waals surface area contributed by atoms with Gasteiger partial charge in [-0.3, -0.25) is 4.79 Å². The Morgan fingerprint density at radius 2 is 2.26 bits per heavy atom. The maximum Gasteiger partial charge on any atom is 0.264 e. The molecular weight excluding hydrogens is 248 g/mol. The number of anilines is 1. The highest BCUT2D eigenvalue weighted by atomic mass is 16.5. The number of nitrogens with zero attached hydrogens (tertiary/aromatic N) is 2. The van der Waals surface area contributed by atoms with Crippen LogP contribution in [-0.4, -0.2) is 29.8 Å². The molecule has 1 amide bonds.